The van der Waals surface area contributed by atoms with Crippen molar-refractivity contribution in [2.75, 3.05) is 0 Å². The van der Waals surface area contributed by atoms with E-state index in [1.54, 1.807) is 0 Å². The van der Waals surface area contributed by atoms with Crippen LogP contribution in [-0.4, -0.2) is 33.6 Å². The Hall–Kier alpha value is -0.900. The minimum atomic E-state index is -0.841. The van der Waals surface area contributed by atoms with Gasteiger partial charge in [0.15, 0.2) is 0 Å². The summed E-state index contributed by atoms with van der Waals surface area (Å²) in [6.07, 6.45) is 3.93. The highest BCUT2D eigenvalue weighted by atomic mass is 16.3. The zero-order chi connectivity index (χ0) is 17.1. The Morgan fingerprint density at radius 1 is 1.39 bits per heavy atom. The second kappa shape index (κ2) is 5.58. The van der Waals surface area contributed by atoms with Crippen LogP contribution in [0.2, 0.25) is 0 Å². The summed E-state index contributed by atoms with van der Waals surface area (Å²) in [4.78, 5) is 0. The molecule has 0 aromatic carbocycles. The van der Waals surface area contributed by atoms with Crippen LogP contribution < -0.4 is 0 Å². The highest BCUT2D eigenvalue weighted by Gasteiger charge is 2.70. The molecule has 3 aliphatic carbocycles. The Kier molecular flexibility index (Phi) is 4.11. The first-order valence-electron chi connectivity index (χ1n) is 8.74. The van der Waals surface area contributed by atoms with E-state index in [1.165, 1.54) is 5.57 Å². The molecule has 0 radical (unpaired) electrons. The Balaban J connectivity index is 1.91. The van der Waals surface area contributed by atoms with Crippen molar-refractivity contribution in [1.29, 1.82) is 0 Å². The van der Waals surface area contributed by atoms with Crippen LogP contribution in [0.25, 0.3) is 0 Å². The van der Waals surface area contributed by atoms with E-state index in [0.29, 0.717) is 18.3 Å². The zero-order valence-corrected chi connectivity index (χ0v) is 14.7. The summed E-state index contributed by atoms with van der Waals surface area (Å²) >= 11 is 0. The molecule has 2 saturated carbocycles. The van der Waals surface area contributed by atoms with Gasteiger partial charge in [0.2, 0.25) is 0 Å². The predicted molar refractivity (Wildman–Crippen MR) is 91.6 cm³/mol. The van der Waals surface area contributed by atoms with Gasteiger partial charge in [-0.1, -0.05) is 36.8 Å². The molecule has 3 rings (SSSR count). The minimum Gasteiger partial charge on any atom is -0.392 e. The molecule has 3 N–H and O–H groups in total. The van der Waals surface area contributed by atoms with Crippen molar-refractivity contribution in [3.8, 4) is 0 Å². The topological polar surface area (TPSA) is 60.7 Å². The summed E-state index contributed by atoms with van der Waals surface area (Å²) in [5.74, 6) is 0.725. The van der Waals surface area contributed by atoms with Gasteiger partial charge < -0.3 is 15.3 Å². The van der Waals surface area contributed by atoms with Crippen molar-refractivity contribution in [2.24, 2.45) is 29.1 Å². The largest absolute Gasteiger partial charge is 0.392 e. The normalized spacial score (nSPS) is 46.4. The van der Waals surface area contributed by atoms with E-state index in [4.69, 9.17) is 0 Å². The maximum atomic E-state index is 10.8. The van der Waals surface area contributed by atoms with Gasteiger partial charge >= 0.3 is 0 Å². The summed E-state index contributed by atoms with van der Waals surface area (Å²) < 4.78 is 0. The Bertz CT molecular complexity index is 571. The van der Waals surface area contributed by atoms with Crippen LogP contribution in [0.1, 0.15) is 40.5 Å². The van der Waals surface area contributed by atoms with Gasteiger partial charge in [-0.25, -0.2) is 0 Å². The lowest BCUT2D eigenvalue weighted by atomic mass is 9.79. The quantitative estimate of drug-likeness (QED) is 0.701. The van der Waals surface area contributed by atoms with Gasteiger partial charge in [0.05, 0.1) is 12.2 Å². The molecule has 0 bridgehead atoms. The van der Waals surface area contributed by atoms with E-state index in [9.17, 15) is 15.3 Å². The molecule has 128 valence electrons. The second-order valence-electron chi connectivity index (χ2n) is 8.28. The van der Waals surface area contributed by atoms with Crippen LogP contribution in [0.4, 0.5) is 0 Å². The number of fused-ring (bicyclic) bond motifs is 3. The molecule has 8 atom stereocenters. The van der Waals surface area contributed by atoms with Crippen molar-refractivity contribution in [1.82, 2.24) is 0 Å². The molecule has 0 heterocycles. The van der Waals surface area contributed by atoms with E-state index in [2.05, 4.69) is 25.7 Å². The first-order valence-corrected chi connectivity index (χ1v) is 8.74. The molecule has 0 aromatic rings. The van der Waals surface area contributed by atoms with Crippen LogP contribution in [0.15, 0.2) is 35.5 Å². The molecule has 0 amide bonds. The molecule has 3 nitrogen and oxygen atoms in total. The van der Waals surface area contributed by atoms with Crippen LogP contribution in [0.3, 0.4) is 0 Å². The fraction of sp³-hybridized carbons (Fsp3) is 0.700. The Morgan fingerprint density at radius 2 is 2.04 bits per heavy atom. The zero-order valence-electron chi connectivity index (χ0n) is 14.7. The third kappa shape index (κ3) is 2.36. The van der Waals surface area contributed by atoms with E-state index in [0.717, 1.165) is 17.6 Å². The summed E-state index contributed by atoms with van der Waals surface area (Å²) in [7, 11) is 0. The fourth-order valence-electron chi connectivity index (χ4n) is 5.28. The van der Waals surface area contributed by atoms with E-state index in [1.807, 2.05) is 20.8 Å². The smallest absolute Gasteiger partial charge is 0.102 e. The standard InChI is InChI=1S/C20H30O3/c1-10(2)6-9-14(21)20(5)13-8-7-11(3)15-16(17(13)20)12(4)18(22)19(15)23/h6-7,13-19,21-23H,4,8-9H2,1-3,5H3. The predicted octanol–water partition coefficient (Wildman–Crippen LogP) is 2.83. The lowest BCUT2D eigenvalue weighted by Gasteiger charge is -2.27. The van der Waals surface area contributed by atoms with E-state index in [-0.39, 0.29) is 23.4 Å². The number of hydrogen-bond acceptors (Lipinski definition) is 3. The van der Waals surface area contributed by atoms with Crippen LogP contribution >= 0.6 is 0 Å². The average molecular weight is 318 g/mol. The molecule has 3 heteroatoms. The maximum Gasteiger partial charge on any atom is 0.102 e. The molecule has 0 spiro atoms. The molecule has 0 aromatic heterocycles. The Labute approximate surface area is 139 Å². The number of aliphatic hydroxyl groups is 3. The van der Waals surface area contributed by atoms with Gasteiger partial charge in [0.1, 0.15) is 6.10 Å². The fourth-order valence-corrected chi connectivity index (χ4v) is 5.28. The van der Waals surface area contributed by atoms with Crippen molar-refractivity contribution < 1.29 is 15.3 Å². The van der Waals surface area contributed by atoms with Crippen LogP contribution in [-0.2, 0) is 0 Å². The molecule has 23 heavy (non-hydrogen) atoms. The summed E-state index contributed by atoms with van der Waals surface area (Å²) in [5.41, 5.74) is 2.98. The van der Waals surface area contributed by atoms with Gasteiger partial charge in [-0.2, -0.15) is 0 Å². The van der Waals surface area contributed by atoms with Crippen molar-refractivity contribution in [3.05, 3.63) is 35.5 Å². The highest BCUT2D eigenvalue weighted by molar-refractivity contribution is 5.35. The van der Waals surface area contributed by atoms with Gasteiger partial charge in [0, 0.05) is 11.3 Å². The monoisotopic (exact) mass is 318 g/mol. The molecule has 3 aliphatic rings. The molecule has 2 fully saturated rings. The van der Waals surface area contributed by atoms with E-state index < -0.39 is 12.2 Å². The molecular weight excluding hydrogens is 288 g/mol. The summed E-state index contributed by atoms with van der Waals surface area (Å²) in [6, 6.07) is 0. The van der Waals surface area contributed by atoms with Crippen molar-refractivity contribution in [2.45, 2.75) is 58.8 Å². The molecule has 8 unspecified atom stereocenters. The van der Waals surface area contributed by atoms with Crippen LogP contribution in [0, 0.1) is 29.1 Å². The Morgan fingerprint density at radius 3 is 2.65 bits per heavy atom. The summed E-state index contributed by atoms with van der Waals surface area (Å²) in [6.45, 7) is 12.4. The average Bonchev–Trinajstić information content (AvgIpc) is 3.07. The number of hydrogen-bond donors (Lipinski definition) is 3. The maximum absolute atomic E-state index is 10.8. The minimum absolute atomic E-state index is 0.0509. The van der Waals surface area contributed by atoms with Crippen molar-refractivity contribution >= 4 is 0 Å². The lowest BCUT2D eigenvalue weighted by molar-refractivity contribution is 0.0342. The summed E-state index contributed by atoms with van der Waals surface area (Å²) in [5, 5.41) is 31.5. The van der Waals surface area contributed by atoms with Gasteiger partial charge in [-0.3, -0.25) is 0 Å². The third-order valence-corrected chi connectivity index (χ3v) is 6.80. The van der Waals surface area contributed by atoms with Crippen molar-refractivity contribution in [3.63, 3.8) is 0 Å². The SMILES string of the molecule is C=C1C(O)C(O)C2C(C)=CCC3C(C12)C3(C)C(O)CC=C(C)C. The van der Waals surface area contributed by atoms with Gasteiger partial charge in [-0.15, -0.1) is 0 Å². The first kappa shape index (κ1) is 16.9. The highest BCUT2D eigenvalue weighted by Crippen LogP contribution is 2.71. The van der Waals surface area contributed by atoms with Gasteiger partial charge in [-0.05, 0) is 56.9 Å². The van der Waals surface area contributed by atoms with E-state index >= 15 is 0 Å². The number of rotatable bonds is 3. The first-order chi connectivity index (χ1) is 10.7. The van der Waals surface area contributed by atoms with Gasteiger partial charge in [0.25, 0.3) is 0 Å². The third-order valence-electron chi connectivity index (χ3n) is 6.80. The van der Waals surface area contributed by atoms with Crippen LogP contribution in [0.5, 0.6) is 0 Å². The molecule has 0 aliphatic heterocycles. The lowest BCUT2D eigenvalue weighted by Crippen LogP contribution is -2.29. The number of aliphatic hydroxyl groups excluding tert-OH is 3. The molecule has 0 saturated heterocycles. The second-order valence-corrected chi connectivity index (χ2v) is 8.28. The molecular formula is C20H30O3. The number of allylic oxidation sites excluding steroid dienone is 2.